The van der Waals surface area contributed by atoms with Gasteiger partial charge in [0.1, 0.15) is 5.52 Å². The van der Waals surface area contributed by atoms with Gasteiger partial charge in [-0.25, -0.2) is 9.78 Å². The van der Waals surface area contributed by atoms with Gasteiger partial charge < -0.3 is 4.98 Å². The normalized spacial score (nSPS) is 9.67. The minimum Gasteiger partial charge on any atom is -0.339 e. The maximum absolute atomic E-state index is 10.9. The van der Waals surface area contributed by atoms with Gasteiger partial charge in [0.25, 0.3) is 5.56 Å². The van der Waals surface area contributed by atoms with E-state index in [1.165, 1.54) is 6.33 Å². The number of hydrogen-bond donors (Lipinski definition) is 3. The second kappa shape index (κ2) is 3.06. The van der Waals surface area contributed by atoms with Crippen molar-refractivity contribution in [2.24, 2.45) is 0 Å². The van der Waals surface area contributed by atoms with Crippen molar-refractivity contribution in [1.29, 1.82) is 0 Å². The van der Waals surface area contributed by atoms with E-state index < -0.39 is 11.2 Å². The van der Waals surface area contributed by atoms with E-state index in [0.29, 0.717) is 0 Å². The largest absolute Gasteiger partial charge is 0.339 e. The summed E-state index contributed by atoms with van der Waals surface area (Å²) in [5.41, 5.74) is -0.445. The molecule has 2 aromatic heterocycles. The van der Waals surface area contributed by atoms with Crippen LogP contribution in [0.2, 0.25) is 0 Å². The summed E-state index contributed by atoms with van der Waals surface area (Å²) in [4.78, 5) is 32.3. The molecule has 0 radical (unpaired) electrons. The topological polar surface area (TPSA) is 94.4 Å². The number of H-pyrrole nitrogens is 3. The molecule has 0 spiro atoms. The van der Waals surface area contributed by atoms with E-state index in [9.17, 15) is 9.59 Å². The maximum atomic E-state index is 10.9. The Hall–Kier alpha value is -1.16. The molecule has 0 saturated carbocycles. The van der Waals surface area contributed by atoms with Gasteiger partial charge in [0.2, 0.25) is 0 Å². The van der Waals surface area contributed by atoms with Crippen LogP contribution < -0.4 is 11.2 Å². The van der Waals surface area contributed by atoms with Crippen LogP contribution in [0.3, 0.4) is 0 Å². The van der Waals surface area contributed by atoms with Crippen LogP contribution in [0, 0.1) is 0 Å². The summed E-state index contributed by atoms with van der Waals surface area (Å²) < 4.78 is 0. The number of aromatic nitrogens is 4. The number of aromatic amines is 3. The van der Waals surface area contributed by atoms with E-state index in [1.807, 2.05) is 0 Å². The third kappa shape index (κ3) is 1.25. The van der Waals surface area contributed by atoms with Crippen molar-refractivity contribution in [3.05, 3.63) is 27.2 Å². The number of nitrogens with zero attached hydrogens (tertiary/aromatic N) is 1. The Labute approximate surface area is 79.7 Å². The number of nitrogens with one attached hydrogen (secondary N) is 3. The smallest absolute Gasteiger partial charge is 0.327 e. The van der Waals surface area contributed by atoms with Gasteiger partial charge in [-0.15, -0.1) is 0 Å². The van der Waals surface area contributed by atoms with Gasteiger partial charge in [0, 0.05) is 21.1 Å². The van der Waals surface area contributed by atoms with Crippen LogP contribution in [0.15, 0.2) is 15.9 Å². The quantitative estimate of drug-likeness (QED) is 0.567. The van der Waals surface area contributed by atoms with E-state index in [2.05, 4.69) is 19.9 Å². The summed E-state index contributed by atoms with van der Waals surface area (Å²) in [6.07, 6.45) is 1.34. The Morgan fingerprint density at radius 2 is 2.00 bits per heavy atom. The average Bonchev–Trinajstić information content (AvgIpc) is 2.34. The molecule has 0 atom stereocenters. The summed E-state index contributed by atoms with van der Waals surface area (Å²) in [6.45, 7) is 0. The first-order valence-corrected chi connectivity index (χ1v) is 2.93. The molecule has 6 nitrogen and oxygen atoms in total. The minimum atomic E-state index is -0.547. The monoisotopic (exact) mass is 347 g/mol. The minimum absolute atomic E-state index is 0. The predicted molar refractivity (Wildman–Crippen MR) is 37.3 cm³/mol. The van der Waals surface area contributed by atoms with E-state index in [-0.39, 0.29) is 32.2 Å². The molecule has 3 N–H and O–H groups in total. The Morgan fingerprint density at radius 1 is 1.25 bits per heavy atom. The molecular weight excluding hydrogens is 343 g/mol. The molecule has 2 aromatic rings. The molecule has 2 heterocycles. The second-order valence-electron chi connectivity index (χ2n) is 2.03. The summed E-state index contributed by atoms with van der Waals surface area (Å²) in [5, 5.41) is 0. The first kappa shape index (κ1) is 8.93. The van der Waals surface area contributed by atoms with Gasteiger partial charge in [-0.3, -0.25) is 14.8 Å². The molecule has 66 valence electrons. The first-order chi connectivity index (χ1) is 5.27. The summed E-state index contributed by atoms with van der Waals surface area (Å²) >= 11 is 0. The predicted octanol–water partition coefficient (Wildman–Crippen LogP) is -1.06. The maximum Gasteiger partial charge on any atom is 0.327 e. The van der Waals surface area contributed by atoms with Gasteiger partial charge in [-0.1, -0.05) is 0 Å². The van der Waals surface area contributed by atoms with Crippen LogP contribution in [-0.4, -0.2) is 19.9 Å². The fourth-order valence-electron chi connectivity index (χ4n) is 0.867. The molecule has 0 aliphatic heterocycles. The van der Waals surface area contributed by atoms with Crippen molar-refractivity contribution in [1.82, 2.24) is 19.9 Å². The Bertz CT molecular complexity index is 496. The molecule has 0 unspecified atom stereocenters. The van der Waals surface area contributed by atoms with Crippen LogP contribution in [0.25, 0.3) is 11.2 Å². The van der Waals surface area contributed by atoms with Gasteiger partial charge in [0.15, 0.2) is 5.65 Å². The zero-order chi connectivity index (χ0) is 7.84. The molecule has 0 saturated heterocycles. The second-order valence-corrected chi connectivity index (χ2v) is 2.03. The van der Waals surface area contributed by atoms with Crippen molar-refractivity contribution in [2.75, 3.05) is 0 Å². The van der Waals surface area contributed by atoms with Gasteiger partial charge >= 0.3 is 5.69 Å². The number of fused-ring (bicyclic) bond motifs is 1. The fourth-order valence-corrected chi connectivity index (χ4v) is 0.867. The molecule has 0 amide bonds. The third-order valence-electron chi connectivity index (χ3n) is 1.33. The van der Waals surface area contributed by atoms with E-state index in [4.69, 9.17) is 0 Å². The Kier molecular flexibility index (Phi) is 2.28. The molecule has 0 aliphatic carbocycles. The summed E-state index contributed by atoms with van der Waals surface area (Å²) in [7, 11) is 0. The fraction of sp³-hybridized carbons (Fsp3) is 0. The van der Waals surface area contributed by atoms with Gasteiger partial charge in [0.05, 0.1) is 6.33 Å². The average molecular weight is 347 g/mol. The molecule has 0 aliphatic rings. The molecule has 7 heteroatoms. The van der Waals surface area contributed by atoms with E-state index in [0.717, 1.165) is 0 Å². The van der Waals surface area contributed by atoms with Crippen LogP contribution in [0.1, 0.15) is 0 Å². The number of hydrogen-bond acceptors (Lipinski definition) is 3. The van der Waals surface area contributed by atoms with Crippen molar-refractivity contribution < 1.29 is 21.1 Å². The Balaban J connectivity index is 0.000000720. The standard InChI is InChI=1S/C5H4N4O2.Pt/c10-4-2-3(7-1-6-2)8-5(11)9-4;/h1H,(H3,6,7,8,9,10,11);. The van der Waals surface area contributed by atoms with Crippen molar-refractivity contribution in [3.8, 4) is 0 Å². The van der Waals surface area contributed by atoms with Gasteiger partial charge in [-0.05, 0) is 0 Å². The molecule has 0 aromatic carbocycles. The molecule has 0 bridgehead atoms. The van der Waals surface area contributed by atoms with Crippen LogP contribution in [0.5, 0.6) is 0 Å². The zero-order valence-electron chi connectivity index (χ0n) is 5.66. The molecule has 12 heavy (non-hydrogen) atoms. The van der Waals surface area contributed by atoms with Crippen LogP contribution in [0.4, 0.5) is 0 Å². The van der Waals surface area contributed by atoms with Crippen molar-refractivity contribution >= 4 is 11.2 Å². The molecule has 0 fully saturated rings. The zero-order valence-corrected chi connectivity index (χ0v) is 7.93. The Morgan fingerprint density at radius 3 is 2.75 bits per heavy atom. The third-order valence-corrected chi connectivity index (χ3v) is 1.33. The summed E-state index contributed by atoms with van der Waals surface area (Å²) in [6, 6.07) is 0. The summed E-state index contributed by atoms with van der Waals surface area (Å²) in [5.74, 6) is 0. The van der Waals surface area contributed by atoms with Gasteiger partial charge in [-0.2, -0.15) is 0 Å². The molecular formula is C5H4N4O2Pt. The van der Waals surface area contributed by atoms with E-state index >= 15 is 0 Å². The number of imidazole rings is 1. The van der Waals surface area contributed by atoms with Crippen LogP contribution in [-0.2, 0) is 21.1 Å². The van der Waals surface area contributed by atoms with Crippen molar-refractivity contribution in [2.45, 2.75) is 0 Å². The molecule has 2 rings (SSSR count). The van der Waals surface area contributed by atoms with Crippen molar-refractivity contribution in [3.63, 3.8) is 0 Å². The SMILES string of the molecule is O=c1[nH]c(=O)c2[nH]cnc2[nH]1.[Pt]. The van der Waals surface area contributed by atoms with Crippen LogP contribution >= 0.6 is 0 Å². The van der Waals surface area contributed by atoms with E-state index in [1.54, 1.807) is 0 Å². The number of rotatable bonds is 0. The first-order valence-electron chi connectivity index (χ1n) is 2.93.